The zero-order chi connectivity index (χ0) is 12.3. The van der Waals surface area contributed by atoms with E-state index in [0.717, 1.165) is 5.69 Å². The Morgan fingerprint density at radius 2 is 2.12 bits per heavy atom. The van der Waals surface area contributed by atoms with Crippen molar-refractivity contribution >= 4 is 17.5 Å². The van der Waals surface area contributed by atoms with Gasteiger partial charge in [-0.15, -0.1) is 0 Å². The Balaban J connectivity index is 2.08. The Labute approximate surface area is 99.3 Å². The molecule has 1 saturated heterocycles. The number of hydroxylamine groups is 1. The third-order valence-corrected chi connectivity index (χ3v) is 2.77. The Bertz CT molecular complexity index is 419. The Morgan fingerprint density at radius 3 is 2.76 bits per heavy atom. The van der Waals surface area contributed by atoms with Crippen LogP contribution in [0.3, 0.4) is 0 Å². The molecule has 1 aromatic rings. The number of para-hydroxylation sites is 1. The third-order valence-electron chi connectivity index (χ3n) is 2.77. The van der Waals surface area contributed by atoms with Gasteiger partial charge in [0.15, 0.2) is 0 Å². The molecule has 1 heterocycles. The van der Waals surface area contributed by atoms with E-state index in [1.165, 1.54) is 7.11 Å². The van der Waals surface area contributed by atoms with E-state index >= 15 is 0 Å². The largest absolute Gasteiger partial charge is 0.312 e. The molecule has 1 fully saturated rings. The predicted molar refractivity (Wildman–Crippen MR) is 62.1 cm³/mol. The zero-order valence-corrected chi connectivity index (χ0v) is 9.55. The van der Waals surface area contributed by atoms with E-state index in [9.17, 15) is 9.59 Å². The monoisotopic (exact) mass is 234 g/mol. The van der Waals surface area contributed by atoms with Gasteiger partial charge in [-0.2, -0.15) is 0 Å². The predicted octanol–water partition coefficient (Wildman–Crippen LogP) is 0.717. The Hall–Kier alpha value is -1.88. The second-order valence-electron chi connectivity index (χ2n) is 3.91. The molecule has 0 spiro atoms. The van der Waals surface area contributed by atoms with Crippen LogP contribution in [0.2, 0.25) is 0 Å². The fourth-order valence-corrected chi connectivity index (χ4v) is 1.92. The molecule has 1 aliphatic rings. The summed E-state index contributed by atoms with van der Waals surface area (Å²) in [7, 11) is 1.38. The maximum absolute atomic E-state index is 11.8. The number of carbonyl (C=O) groups is 2. The van der Waals surface area contributed by atoms with Crippen LogP contribution in [0, 0.1) is 5.92 Å². The second-order valence-corrected chi connectivity index (χ2v) is 3.91. The van der Waals surface area contributed by atoms with Crippen LogP contribution in [-0.4, -0.2) is 25.5 Å². The van der Waals surface area contributed by atoms with Gasteiger partial charge < -0.3 is 4.90 Å². The number of nitrogens with zero attached hydrogens (tertiary/aromatic N) is 1. The first kappa shape index (κ1) is 11.6. The van der Waals surface area contributed by atoms with Crippen molar-refractivity contribution in [1.29, 1.82) is 0 Å². The van der Waals surface area contributed by atoms with Gasteiger partial charge in [-0.1, -0.05) is 18.2 Å². The highest BCUT2D eigenvalue weighted by Crippen LogP contribution is 2.24. The molecule has 0 aromatic heterocycles. The van der Waals surface area contributed by atoms with Gasteiger partial charge in [0.25, 0.3) is 0 Å². The van der Waals surface area contributed by atoms with Gasteiger partial charge in [0.05, 0.1) is 13.0 Å². The summed E-state index contributed by atoms with van der Waals surface area (Å²) in [6, 6.07) is 9.33. The molecule has 5 heteroatoms. The summed E-state index contributed by atoms with van der Waals surface area (Å²) in [6.07, 6.45) is 0.226. The molecule has 0 bridgehead atoms. The number of amides is 2. The summed E-state index contributed by atoms with van der Waals surface area (Å²) in [5, 5.41) is 0. The van der Waals surface area contributed by atoms with Gasteiger partial charge in [-0.25, -0.2) is 5.48 Å². The summed E-state index contributed by atoms with van der Waals surface area (Å²) in [4.78, 5) is 29.5. The number of nitrogens with one attached hydrogen (secondary N) is 1. The van der Waals surface area contributed by atoms with Gasteiger partial charge in [0, 0.05) is 18.7 Å². The van der Waals surface area contributed by atoms with Gasteiger partial charge in [0.2, 0.25) is 11.8 Å². The van der Waals surface area contributed by atoms with Crippen LogP contribution in [0.1, 0.15) is 6.42 Å². The van der Waals surface area contributed by atoms with Crippen molar-refractivity contribution in [1.82, 2.24) is 5.48 Å². The van der Waals surface area contributed by atoms with Gasteiger partial charge in [0.1, 0.15) is 0 Å². The van der Waals surface area contributed by atoms with Crippen molar-refractivity contribution < 1.29 is 14.4 Å². The van der Waals surface area contributed by atoms with Crippen molar-refractivity contribution in [3.05, 3.63) is 30.3 Å². The highest BCUT2D eigenvalue weighted by molar-refractivity contribution is 6.00. The van der Waals surface area contributed by atoms with Crippen LogP contribution in [-0.2, 0) is 14.4 Å². The van der Waals surface area contributed by atoms with Gasteiger partial charge in [-0.3, -0.25) is 14.4 Å². The summed E-state index contributed by atoms with van der Waals surface area (Å²) in [5.74, 6) is -0.630. The summed E-state index contributed by atoms with van der Waals surface area (Å²) >= 11 is 0. The Morgan fingerprint density at radius 1 is 1.41 bits per heavy atom. The minimum atomic E-state index is -0.345. The molecule has 17 heavy (non-hydrogen) atoms. The average molecular weight is 234 g/mol. The molecule has 90 valence electrons. The molecule has 2 amide bonds. The van der Waals surface area contributed by atoms with Crippen molar-refractivity contribution in [2.75, 3.05) is 18.6 Å². The minimum absolute atomic E-state index is 0.0348. The first-order chi connectivity index (χ1) is 8.22. The molecule has 0 saturated carbocycles. The zero-order valence-electron chi connectivity index (χ0n) is 9.55. The van der Waals surface area contributed by atoms with E-state index in [1.807, 2.05) is 30.3 Å². The lowest BCUT2D eigenvalue weighted by Crippen LogP contribution is -2.32. The van der Waals surface area contributed by atoms with Crippen molar-refractivity contribution in [3.8, 4) is 0 Å². The van der Waals surface area contributed by atoms with E-state index in [1.54, 1.807) is 4.90 Å². The lowest BCUT2D eigenvalue weighted by atomic mass is 10.1. The molecule has 2 rings (SSSR count). The van der Waals surface area contributed by atoms with Crippen LogP contribution in [0.25, 0.3) is 0 Å². The summed E-state index contributed by atoms with van der Waals surface area (Å²) in [6.45, 7) is 0.401. The maximum Gasteiger partial charge on any atom is 0.248 e. The van der Waals surface area contributed by atoms with Gasteiger partial charge in [-0.05, 0) is 12.1 Å². The van der Waals surface area contributed by atoms with Crippen LogP contribution >= 0.6 is 0 Å². The van der Waals surface area contributed by atoms with Crippen LogP contribution in [0.4, 0.5) is 5.69 Å². The molecule has 1 aliphatic heterocycles. The number of hydrogen-bond donors (Lipinski definition) is 1. The number of rotatable bonds is 3. The SMILES string of the molecule is CONC(=O)C1CC(=O)N(c2ccccc2)C1. The fraction of sp³-hybridized carbons (Fsp3) is 0.333. The smallest absolute Gasteiger partial charge is 0.248 e. The molecule has 0 radical (unpaired) electrons. The van der Waals surface area contributed by atoms with E-state index in [0.29, 0.717) is 6.54 Å². The molecule has 1 atom stereocenters. The van der Waals surface area contributed by atoms with Crippen molar-refractivity contribution in [3.63, 3.8) is 0 Å². The first-order valence-electron chi connectivity index (χ1n) is 5.40. The van der Waals surface area contributed by atoms with Crippen molar-refractivity contribution in [2.24, 2.45) is 5.92 Å². The standard InChI is InChI=1S/C12H14N2O3/c1-17-13-12(16)9-7-11(15)14(8-9)10-5-3-2-4-6-10/h2-6,9H,7-8H2,1H3,(H,13,16). The molecule has 0 aliphatic carbocycles. The topological polar surface area (TPSA) is 58.6 Å². The number of anilines is 1. The lowest BCUT2D eigenvalue weighted by Gasteiger charge is -2.16. The lowest BCUT2D eigenvalue weighted by molar-refractivity contribution is -0.135. The van der Waals surface area contributed by atoms with E-state index in [-0.39, 0.29) is 24.2 Å². The summed E-state index contributed by atoms with van der Waals surface area (Å²) < 4.78 is 0. The number of hydrogen-bond acceptors (Lipinski definition) is 3. The molecular formula is C12H14N2O3. The first-order valence-corrected chi connectivity index (χ1v) is 5.40. The third kappa shape index (κ3) is 2.45. The highest BCUT2D eigenvalue weighted by Gasteiger charge is 2.35. The minimum Gasteiger partial charge on any atom is -0.312 e. The number of carbonyl (C=O) groups excluding carboxylic acids is 2. The van der Waals surface area contributed by atoms with E-state index in [2.05, 4.69) is 10.3 Å². The molecule has 1 aromatic carbocycles. The molecule has 5 nitrogen and oxygen atoms in total. The second kappa shape index (κ2) is 4.97. The average Bonchev–Trinajstić information content (AvgIpc) is 2.73. The normalized spacial score (nSPS) is 19.5. The van der Waals surface area contributed by atoms with E-state index < -0.39 is 0 Å². The quantitative estimate of drug-likeness (QED) is 0.784. The molecule has 1 unspecified atom stereocenters. The molecular weight excluding hydrogens is 220 g/mol. The van der Waals surface area contributed by atoms with Crippen LogP contribution in [0.5, 0.6) is 0 Å². The van der Waals surface area contributed by atoms with Crippen molar-refractivity contribution in [2.45, 2.75) is 6.42 Å². The van der Waals surface area contributed by atoms with E-state index in [4.69, 9.17) is 0 Å². The van der Waals surface area contributed by atoms with Crippen LogP contribution in [0.15, 0.2) is 30.3 Å². The summed E-state index contributed by atoms with van der Waals surface area (Å²) in [5.41, 5.74) is 3.09. The maximum atomic E-state index is 11.8. The molecule has 1 N–H and O–H groups in total. The number of benzene rings is 1. The highest BCUT2D eigenvalue weighted by atomic mass is 16.6. The fourth-order valence-electron chi connectivity index (χ4n) is 1.92. The Kier molecular flexibility index (Phi) is 3.39. The van der Waals surface area contributed by atoms with Gasteiger partial charge >= 0.3 is 0 Å². The van der Waals surface area contributed by atoms with Crippen LogP contribution < -0.4 is 10.4 Å².